The lowest BCUT2D eigenvalue weighted by Gasteiger charge is -2.11. The minimum Gasteiger partial charge on any atom is -0.497 e. The standard InChI is InChI=1S/C17H14ClNO2/c1-20-13-7-8-15-14(9-13)16(10-17(18)19-15)21-11-12-5-3-2-4-6-12/h2-10H,11H2,1H3. The molecule has 0 fully saturated rings. The first-order chi connectivity index (χ1) is 10.3. The molecule has 0 amide bonds. The summed E-state index contributed by atoms with van der Waals surface area (Å²) in [5.74, 6) is 1.46. The fraction of sp³-hybridized carbons (Fsp3) is 0.118. The zero-order valence-electron chi connectivity index (χ0n) is 11.5. The molecule has 2 aromatic carbocycles. The van der Waals surface area contributed by atoms with Crippen molar-refractivity contribution in [3.63, 3.8) is 0 Å². The highest BCUT2D eigenvalue weighted by Gasteiger charge is 2.08. The topological polar surface area (TPSA) is 31.4 Å². The molecular weight excluding hydrogens is 286 g/mol. The van der Waals surface area contributed by atoms with Crippen LogP contribution in [-0.4, -0.2) is 12.1 Å². The number of hydrogen-bond donors (Lipinski definition) is 0. The van der Waals surface area contributed by atoms with Gasteiger partial charge in [-0.05, 0) is 23.8 Å². The van der Waals surface area contributed by atoms with Crippen LogP contribution >= 0.6 is 11.6 Å². The van der Waals surface area contributed by atoms with Gasteiger partial charge in [0, 0.05) is 11.5 Å². The number of halogens is 1. The lowest BCUT2D eigenvalue weighted by atomic mass is 10.2. The lowest BCUT2D eigenvalue weighted by molar-refractivity contribution is 0.309. The molecule has 0 aliphatic carbocycles. The Morgan fingerprint density at radius 2 is 1.86 bits per heavy atom. The fourth-order valence-corrected chi connectivity index (χ4v) is 2.32. The van der Waals surface area contributed by atoms with Gasteiger partial charge in [-0.1, -0.05) is 41.9 Å². The van der Waals surface area contributed by atoms with Crippen LogP contribution in [0.4, 0.5) is 0 Å². The van der Waals surface area contributed by atoms with Crippen molar-refractivity contribution in [2.24, 2.45) is 0 Å². The first-order valence-electron chi connectivity index (χ1n) is 6.57. The van der Waals surface area contributed by atoms with E-state index < -0.39 is 0 Å². The molecular formula is C17H14ClNO2. The van der Waals surface area contributed by atoms with Crippen LogP contribution < -0.4 is 9.47 Å². The molecule has 0 saturated carbocycles. The predicted molar refractivity (Wildman–Crippen MR) is 84.1 cm³/mol. The number of methoxy groups -OCH3 is 1. The van der Waals surface area contributed by atoms with Crippen LogP contribution in [0.3, 0.4) is 0 Å². The van der Waals surface area contributed by atoms with Gasteiger partial charge in [0.25, 0.3) is 0 Å². The molecule has 0 aliphatic rings. The van der Waals surface area contributed by atoms with Crippen molar-refractivity contribution in [3.05, 3.63) is 65.3 Å². The molecule has 21 heavy (non-hydrogen) atoms. The Balaban J connectivity index is 1.96. The van der Waals surface area contributed by atoms with Crippen molar-refractivity contribution >= 4 is 22.5 Å². The molecule has 1 heterocycles. The first kappa shape index (κ1) is 13.7. The highest BCUT2D eigenvalue weighted by atomic mass is 35.5. The number of hydrogen-bond acceptors (Lipinski definition) is 3. The van der Waals surface area contributed by atoms with Gasteiger partial charge in [-0.15, -0.1) is 0 Å². The minimum absolute atomic E-state index is 0.413. The van der Waals surface area contributed by atoms with Crippen molar-refractivity contribution in [1.82, 2.24) is 4.98 Å². The van der Waals surface area contributed by atoms with E-state index >= 15 is 0 Å². The zero-order chi connectivity index (χ0) is 14.7. The maximum Gasteiger partial charge on any atom is 0.133 e. The van der Waals surface area contributed by atoms with Gasteiger partial charge in [0.2, 0.25) is 0 Å². The Bertz CT molecular complexity index is 759. The highest BCUT2D eigenvalue weighted by molar-refractivity contribution is 6.30. The summed E-state index contributed by atoms with van der Waals surface area (Å²) in [6, 6.07) is 17.3. The van der Waals surface area contributed by atoms with Crippen LogP contribution in [0, 0.1) is 0 Å². The summed E-state index contributed by atoms with van der Waals surface area (Å²) in [6.45, 7) is 0.480. The summed E-state index contributed by atoms with van der Waals surface area (Å²) in [6.07, 6.45) is 0. The third-order valence-electron chi connectivity index (χ3n) is 3.18. The largest absolute Gasteiger partial charge is 0.497 e. The number of rotatable bonds is 4. The maximum atomic E-state index is 6.06. The van der Waals surface area contributed by atoms with Crippen molar-refractivity contribution in [3.8, 4) is 11.5 Å². The highest BCUT2D eigenvalue weighted by Crippen LogP contribution is 2.31. The molecule has 0 atom stereocenters. The van der Waals surface area contributed by atoms with Gasteiger partial charge in [0.05, 0.1) is 12.6 Å². The summed E-state index contributed by atoms with van der Waals surface area (Å²) in [5.41, 5.74) is 1.88. The van der Waals surface area contributed by atoms with Gasteiger partial charge >= 0.3 is 0 Å². The monoisotopic (exact) mass is 299 g/mol. The van der Waals surface area contributed by atoms with Gasteiger partial charge < -0.3 is 9.47 Å². The van der Waals surface area contributed by atoms with Crippen LogP contribution in [0.5, 0.6) is 11.5 Å². The summed E-state index contributed by atoms with van der Waals surface area (Å²) >= 11 is 6.06. The van der Waals surface area contributed by atoms with Crippen LogP contribution in [0.2, 0.25) is 5.15 Å². The summed E-state index contributed by atoms with van der Waals surface area (Å²) in [4.78, 5) is 4.30. The Hall–Kier alpha value is -2.26. The number of benzene rings is 2. The normalized spacial score (nSPS) is 10.6. The van der Waals surface area contributed by atoms with E-state index in [1.54, 1.807) is 13.2 Å². The number of aromatic nitrogens is 1. The van der Waals surface area contributed by atoms with Crippen molar-refractivity contribution < 1.29 is 9.47 Å². The molecule has 4 heteroatoms. The fourth-order valence-electron chi connectivity index (χ4n) is 2.12. The van der Waals surface area contributed by atoms with E-state index in [0.29, 0.717) is 17.5 Å². The van der Waals surface area contributed by atoms with Crippen molar-refractivity contribution in [2.75, 3.05) is 7.11 Å². The molecule has 0 aliphatic heterocycles. The van der Waals surface area contributed by atoms with Gasteiger partial charge in [-0.2, -0.15) is 0 Å². The molecule has 0 saturated heterocycles. The van der Waals surface area contributed by atoms with Gasteiger partial charge in [-0.3, -0.25) is 0 Å². The molecule has 1 aromatic heterocycles. The molecule has 3 rings (SSSR count). The first-order valence-corrected chi connectivity index (χ1v) is 6.95. The van der Waals surface area contributed by atoms with Crippen LogP contribution in [0.15, 0.2) is 54.6 Å². The minimum atomic E-state index is 0.413. The second-order valence-corrected chi connectivity index (χ2v) is 4.99. The SMILES string of the molecule is COc1ccc2nc(Cl)cc(OCc3ccccc3)c2c1. The molecule has 106 valence electrons. The Kier molecular flexibility index (Phi) is 3.93. The molecule has 0 N–H and O–H groups in total. The predicted octanol–water partition coefficient (Wildman–Crippen LogP) is 4.48. The Morgan fingerprint density at radius 1 is 1.05 bits per heavy atom. The van der Waals surface area contributed by atoms with Crippen LogP contribution in [0.25, 0.3) is 10.9 Å². The second-order valence-electron chi connectivity index (χ2n) is 4.60. The lowest BCUT2D eigenvalue weighted by Crippen LogP contribution is -1.97. The third-order valence-corrected chi connectivity index (χ3v) is 3.38. The molecule has 0 unspecified atom stereocenters. The van der Waals surface area contributed by atoms with Crippen molar-refractivity contribution in [2.45, 2.75) is 6.61 Å². The average Bonchev–Trinajstić information content (AvgIpc) is 2.53. The van der Waals surface area contributed by atoms with Gasteiger partial charge in [0.15, 0.2) is 0 Å². The van der Waals surface area contributed by atoms with Crippen LogP contribution in [0.1, 0.15) is 5.56 Å². The van der Waals surface area contributed by atoms with E-state index in [1.807, 2.05) is 48.5 Å². The zero-order valence-corrected chi connectivity index (χ0v) is 12.3. The Labute approximate surface area is 128 Å². The van der Waals surface area contributed by atoms with Gasteiger partial charge in [0.1, 0.15) is 23.3 Å². The van der Waals surface area contributed by atoms with Crippen molar-refractivity contribution in [1.29, 1.82) is 0 Å². The van der Waals surface area contributed by atoms with E-state index in [-0.39, 0.29) is 0 Å². The number of pyridine rings is 1. The molecule has 3 nitrogen and oxygen atoms in total. The summed E-state index contributed by atoms with van der Waals surface area (Å²) in [7, 11) is 1.63. The van der Waals surface area contributed by atoms with Crippen LogP contribution in [-0.2, 0) is 6.61 Å². The summed E-state index contributed by atoms with van der Waals surface area (Å²) in [5, 5.41) is 1.30. The quantitative estimate of drug-likeness (QED) is 0.666. The number of ether oxygens (including phenoxy) is 2. The third kappa shape index (κ3) is 3.09. The molecule has 0 radical (unpaired) electrons. The van der Waals surface area contributed by atoms with E-state index in [4.69, 9.17) is 21.1 Å². The van der Waals surface area contributed by atoms with E-state index in [0.717, 1.165) is 22.2 Å². The maximum absolute atomic E-state index is 6.06. The van der Waals surface area contributed by atoms with Gasteiger partial charge in [-0.25, -0.2) is 4.98 Å². The average molecular weight is 300 g/mol. The van der Waals surface area contributed by atoms with E-state index in [1.165, 1.54) is 0 Å². The molecule has 0 bridgehead atoms. The van der Waals surface area contributed by atoms with E-state index in [2.05, 4.69) is 4.98 Å². The number of nitrogens with zero attached hydrogens (tertiary/aromatic N) is 1. The number of fused-ring (bicyclic) bond motifs is 1. The smallest absolute Gasteiger partial charge is 0.133 e. The second kappa shape index (κ2) is 6.02. The Morgan fingerprint density at radius 3 is 2.62 bits per heavy atom. The molecule has 0 spiro atoms. The van der Waals surface area contributed by atoms with E-state index in [9.17, 15) is 0 Å². The molecule has 3 aromatic rings. The summed E-state index contributed by atoms with van der Waals surface area (Å²) < 4.78 is 11.2.